The first-order valence-electron chi connectivity index (χ1n) is 11.5. The maximum Gasteiger partial charge on any atom is 0.335 e. The number of nitrogens with zero attached hydrogens (tertiary/aromatic N) is 5. The summed E-state index contributed by atoms with van der Waals surface area (Å²) in [7, 11) is 0. The number of imidazole rings is 1. The minimum Gasteiger partial charge on any atom is -0.291 e. The molecule has 0 aliphatic carbocycles. The fraction of sp³-hybridized carbons (Fsp3) is 0.269. The lowest BCUT2D eigenvalue weighted by atomic mass is 9.98. The molecule has 8 nitrogen and oxygen atoms in total. The normalized spacial score (nSPS) is 11.4. The second-order valence-electron chi connectivity index (χ2n) is 8.11. The lowest BCUT2D eigenvalue weighted by molar-refractivity contribution is 0.0894. The number of benzene rings is 2. The van der Waals surface area contributed by atoms with Crippen LogP contribution in [0.5, 0.6) is 0 Å². The molecule has 0 fully saturated rings. The number of aromatic amines is 1. The molecule has 0 saturated heterocycles. The van der Waals surface area contributed by atoms with Gasteiger partial charge >= 0.3 is 5.69 Å². The average molecular weight is 457 g/mol. The first kappa shape index (κ1) is 23.1. The third kappa shape index (κ3) is 4.96. The van der Waals surface area contributed by atoms with Crippen molar-refractivity contribution in [3.8, 4) is 22.5 Å². The van der Waals surface area contributed by atoms with Gasteiger partial charge in [0.2, 0.25) is 11.7 Å². The van der Waals surface area contributed by atoms with Gasteiger partial charge in [0.15, 0.2) is 0 Å². The van der Waals surface area contributed by atoms with Crippen molar-refractivity contribution in [1.82, 2.24) is 29.8 Å². The van der Waals surface area contributed by atoms with Crippen LogP contribution in [0.4, 0.5) is 0 Å². The Morgan fingerprint density at radius 2 is 1.85 bits per heavy atom. The number of tetrazole rings is 1. The molecule has 8 heteroatoms. The van der Waals surface area contributed by atoms with Gasteiger partial charge in [-0.25, -0.2) is 9.36 Å². The molecule has 0 amide bonds. The summed E-state index contributed by atoms with van der Waals surface area (Å²) in [6.45, 7) is 4.37. The Balaban J connectivity index is 1.62. The minimum atomic E-state index is -0.285. The van der Waals surface area contributed by atoms with Gasteiger partial charge in [-0.3, -0.25) is 9.36 Å². The summed E-state index contributed by atoms with van der Waals surface area (Å²) in [5.74, 6) is 0.384. The number of nitrogens with one attached hydrogen (secondary N) is 1. The maximum absolute atomic E-state index is 13.1. The first-order chi connectivity index (χ1) is 16.6. The highest BCUT2D eigenvalue weighted by atomic mass is 16.2. The number of carbonyl (C=O) groups excluding carboxylic acids is 1. The molecule has 0 unspecified atom stereocenters. The Bertz CT molecular complexity index is 1330. The summed E-state index contributed by atoms with van der Waals surface area (Å²) < 4.78 is 2.95. The van der Waals surface area contributed by atoms with Crippen LogP contribution in [0.15, 0.2) is 71.7 Å². The molecular weight excluding hydrogens is 428 g/mol. The van der Waals surface area contributed by atoms with Crippen molar-refractivity contribution in [2.24, 2.45) is 0 Å². The van der Waals surface area contributed by atoms with Crippen LogP contribution in [0.2, 0.25) is 0 Å². The van der Waals surface area contributed by atoms with Crippen LogP contribution in [-0.2, 0) is 13.0 Å². The summed E-state index contributed by atoms with van der Waals surface area (Å²) in [4.78, 5) is 25.6. The number of carbonyl (C=O) groups is 1. The molecule has 2 aromatic carbocycles. The predicted octanol–water partition coefficient (Wildman–Crippen LogP) is 4.49. The summed E-state index contributed by atoms with van der Waals surface area (Å²) in [5.41, 5.74) is 4.40. The van der Waals surface area contributed by atoms with Gasteiger partial charge in [-0.05, 0) is 35.2 Å². The largest absolute Gasteiger partial charge is 0.335 e. The lowest BCUT2D eigenvalue weighted by Crippen LogP contribution is -2.29. The number of unbranched alkanes of at least 4 members (excludes halogenated alkanes) is 1. The number of hydrogen-bond acceptors (Lipinski definition) is 5. The third-order valence-electron chi connectivity index (χ3n) is 5.76. The van der Waals surface area contributed by atoms with E-state index in [2.05, 4.69) is 20.6 Å². The molecule has 0 aliphatic heterocycles. The van der Waals surface area contributed by atoms with Gasteiger partial charge in [-0.15, -0.1) is 10.2 Å². The third-order valence-corrected chi connectivity index (χ3v) is 5.76. The Hall–Kier alpha value is -4.07. The summed E-state index contributed by atoms with van der Waals surface area (Å²) in [6, 6.07) is 15.9. The van der Waals surface area contributed by atoms with E-state index in [0.717, 1.165) is 40.8 Å². The van der Waals surface area contributed by atoms with Crippen molar-refractivity contribution in [2.75, 3.05) is 0 Å². The molecule has 4 rings (SSSR count). The van der Waals surface area contributed by atoms with Crippen molar-refractivity contribution < 1.29 is 4.79 Å². The molecule has 0 radical (unpaired) electrons. The molecule has 1 N–H and O–H groups in total. The van der Waals surface area contributed by atoms with Crippen LogP contribution < -0.4 is 5.69 Å². The molecule has 4 aromatic rings. The van der Waals surface area contributed by atoms with Gasteiger partial charge in [0, 0.05) is 30.3 Å². The molecule has 0 aliphatic rings. The number of rotatable bonds is 9. The quantitative estimate of drug-likeness (QED) is 0.374. The van der Waals surface area contributed by atoms with E-state index in [4.69, 9.17) is 0 Å². The summed E-state index contributed by atoms with van der Waals surface area (Å²) >= 11 is 0. The van der Waals surface area contributed by atoms with E-state index in [9.17, 15) is 9.59 Å². The first-order valence-corrected chi connectivity index (χ1v) is 11.5. The van der Waals surface area contributed by atoms with Gasteiger partial charge in [-0.1, -0.05) is 74.0 Å². The zero-order valence-corrected chi connectivity index (χ0v) is 19.4. The molecule has 0 bridgehead atoms. The topological polar surface area (TPSA) is 98.5 Å². The molecule has 0 spiro atoms. The van der Waals surface area contributed by atoms with Crippen molar-refractivity contribution >= 4 is 5.91 Å². The van der Waals surface area contributed by atoms with Crippen LogP contribution in [0.1, 0.15) is 49.2 Å². The standard InChI is InChI=1S/C26H28N6O2/c1-3-5-9-21-18-32(24(33)12-6-4-2)26(34)31(21)17-19-13-15-20(16-14-19)22-10-7-8-11-23(22)25-27-29-30-28-25/h3,5,7-8,10-11,13-16,18H,4,6,9,12,17H2,1-2H3,(H,27,28,29,30)/b5-3+. The van der Waals surface area contributed by atoms with E-state index in [1.54, 1.807) is 10.8 Å². The van der Waals surface area contributed by atoms with E-state index >= 15 is 0 Å². The number of hydrogen-bond donors (Lipinski definition) is 1. The molecule has 0 saturated carbocycles. The second kappa shape index (κ2) is 10.7. The highest BCUT2D eigenvalue weighted by Gasteiger charge is 2.16. The molecular formula is C26H28N6O2. The predicted molar refractivity (Wildman–Crippen MR) is 132 cm³/mol. The Labute approximate surface area is 198 Å². The van der Waals surface area contributed by atoms with E-state index in [0.29, 0.717) is 25.2 Å². The van der Waals surface area contributed by atoms with E-state index in [-0.39, 0.29) is 11.6 Å². The van der Waals surface area contributed by atoms with Gasteiger partial charge in [0.25, 0.3) is 0 Å². The zero-order chi connectivity index (χ0) is 23.9. The Morgan fingerprint density at radius 1 is 1.09 bits per heavy atom. The SMILES string of the molecule is C/C=C/Cc1cn(C(=O)CCCC)c(=O)n1Cc1ccc(-c2ccccc2-c2nn[nH]n2)cc1. The van der Waals surface area contributed by atoms with Crippen LogP contribution in [0.3, 0.4) is 0 Å². The molecule has 2 heterocycles. The fourth-order valence-electron chi connectivity index (χ4n) is 3.90. The van der Waals surface area contributed by atoms with Crippen molar-refractivity contribution in [2.45, 2.75) is 46.1 Å². The maximum atomic E-state index is 13.1. The Kier molecular flexibility index (Phi) is 7.27. The number of aromatic nitrogens is 6. The highest BCUT2D eigenvalue weighted by Crippen LogP contribution is 2.29. The average Bonchev–Trinajstić information content (AvgIpc) is 3.51. The molecule has 174 valence electrons. The molecule has 2 aromatic heterocycles. The molecule has 34 heavy (non-hydrogen) atoms. The van der Waals surface area contributed by atoms with Crippen molar-refractivity contribution in [3.63, 3.8) is 0 Å². The van der Waals surface area contributed by atoms with E-state index < -0.39 is 0 Å². The monoisotopic (exact) mass is 456 g/mol. The van der Waals surface area contributed by atoms with Crippen LogP contribution >= 0.6 is 0 Å². The van der Waals surface area contributed by atoms with Gasteiger partial charge < -0.3 is 0 Å². The highest BCUT2D eigenvalue weighted by molar-refractivity contribution is 5.80. The summed E-state index contributed by atoms with van der Waals surface area (Å²) in [5, 5.41) is 14.4. The number of H-pyrrole nitrogens is 1. The minimum absolute atomic E-state index is 0.152. The second-order valence-corrected chi connectivity index (χ2v) is 8.11. The summed E-state index contributed by atoms with van der Waals surface area (Å²) in [6.07, 6.45) is 8.27. The van der Waals surface area contributed by atoms with Crippen LogP contribution in [0, 0.1) is 0 Å². The fourth-order valence-corrected chi connectivity index (χ4v) is 3.90. The Morgan fingerprint density at radius 3 is 2.53 bits per heavy atom. The van der Waals surface area contributed by atoms with Crippen LogP contribution in [0.25, 0.3) is 22.5 Å². The smallest absolute Gasteiger partial charge is 0.291 e. The zero-order valence-electron chi connectivity index (χ0n) is 19.4. The number of allylic oxidation sites excluding steroid dienone is 2. The molecule has 0 atom stereocenters. The van der Waals surface area contributed by atoms with Crippen molar-refractivity contribution in [3.05, 3.63) is 88.6 Å². The van der Waals surface area contributed by atoms with E-state index in [1.165, 1.54) is 4.57 Å². The van der Waals surface area contributed by atoms with Gasteiger partial charge in [0.05, 0.1) is 6.54 Å². The van der Waals surface area contributed by atoms with Gasteiger partial charge in [0.1, 0.15) is 0 Å². The lowest BCUT2D eigenvalue weighted by Gasteiger charge is -2.09. The van der Waals surface area contributed by atoms with Crippen molar-refractivity contribution in [1.29, 1.82) is 0 Å². The van der Waals surface area contributed by atoms with Gasteiger partial charge in [-0.2, -0.15) is 5.21 Å². The van der Waals surface area contributed by atoms with E-state index in [1.807, 2.05) is 74.5 Å². The van der Waals surface area contributed by atoms with Crippen LogP contribution in [-0.4, -0.2) is 35.7 Å².